The average molecular weight is 390 g/mol. The maximum absolute atomic E-state index is 12.4. The van der Waals surface area contributed by atoms with Crippen LogP contribution in [0.15, 0.2) is 58.5 Å². The molecule has 0 aliphatic heterocycles. The lowest BCUT2D eigenvalue weighted by Gasteiger charge is -2.09. The van der Waals surface area contributed by atoms with Gasteiger partial charge in [0.2, 0.25) is 0 Å². The highest BCUT2D eigenvalue weighted by Crippen LogP contribution is 2.15. The summed E-state index contributed by atoms with van der Waals surface area (Å²) in [5, 5.41) is 3.98. The van der Waals surface area contributed by atoms with E-state index in [4.69, 9.17) is 9.47 Å². The Balaban J connectivity index is 2.30. The second kappa shape index (κ2) is 9.18. The van der Waals surface area contributed by atoms with Crippen molar-refractivity contribution in [3.05, 3.63) is 59.7 Å². The molecule has 7 nitrogen and oxygen atoms in total. The molecule has 0 fully saturated rings. The van der Waals surface area contributed by atoms with Crippen LogP contribution in [0, 0.1) is 6.92 Å². The number of hydrazone groups is 1. The lowest BCUT2D eigenvalue weighted by Crippen LogP contribution is -2.22. The van der Waals surface area contributed by atoms with Crippen LogP contribution in [0.2, 0.25) is 0 Å². The van der Waals surface area contributed by atoms with Crippen LogP contribution in [0.5, 0.6) is 5.75 Å². The number of methoxy groups -OCH3 is 1. The molecular formula is C19H22N2O5S. The SMILES string of the molecule is CCOC(=O)C/C(=N/NS(=O)(=O)c1ccc(C)cc1)c1ccc(OC)cc1. The maximum atomic E-state index is 12.4. The summed E-state index contributed by atoms with van der Waals surface area (Å²) in [4.78, 5) is 14.2. The van der Waals surface area contributed by atoms with Gasteiger partial charge in [0.25, 0.3) is 10.0 Å². The van der Waals surface area contributed by atoms with Crippen LogP contribution in [0.4, 0.5) is 0 Å². The Morgan fingerprint density at radius 2 is 1.70 bits per heavy atom. The lowest BCUT2D eigenvalue weighted by atomic mass is 10.1. The van der Waals surface area contributed by atoms with Gasteiger partial charge in [0.15, 0.2) is 0 Å². The number of nitrogens with zero attached hydrogens (tertiary/aromatic N) is 1. The second-order valence-corrected chi connectivity index (χ2v) is 7.34. The number of hydrogen-bond acceptors (Lipinski definition) is 6. The second-order valence-electron chi connectivity index (χ2n) is 5.68. The van der Waals surface area contributed by atoms with E-state index in [0.717, 1.165) is 5.56 Å². The molecule has 0 bridgehead atoms. The molecule has 8 heteroatoms. The topological polar surface area (TPSA) is 94.1 Å². The number of carbonyl (C=O) groups excluding carboxylic acids is 1. The smallest absolute Gasteiger partial charge is 0.311 e. The van der Waals surface area contributed by atoms with Gasteiger partial charge in [0.05, 0.1) is 30.7 Å². The van der Waals surface area contributed by atoms with Crippen molar-refractivity contribution in [2.75, 3.05) is 13.7 Å². The Morgan fingerprint density at radius 1 is 1.07 bits per heavy atom. The van der Waals surface area contributed by atoms with Crippen molar-refractivity contribution in [1.29, 1.82) is 0 Å². The van der Waals surface area contributed by atoms with E-state index in [0.29, 0.717) is 11.3 Å². The minimum atomic E-state index is -3.86. The number of benzene rings is 2. The van der Waals surface area contributed by atoms with Gasteiger partial charge >= 0.3 is 5.97 Å². The molecule has 0 saturated carbocycles. The van der Waals surface area contributed by atoms with Crippen LogP contribution < -0.4 is 9.57 Å². The van der Waals surface area contributed by atoms with Gasteiger partial charge in [-0.15, -0.1) is 0 Å². The molecule has 2 rings (SSSR count). The summed E-state index contributed by atoms with van der Waals surface area (Å²) in [6.45, 7) is 3.79. The monoisotopic (exact) mass is 390 g/mol. The van der Waals surface area contributed by atoms with Crippen LogP contribution in [0.25, 0.3) is 0 Å². The summed E-state index contributed by atoms with van der Waals surface area (Å²) in [7, 11) is -2.32. The van der Waals surface area contributed by atoms with E-state index in [1.807, 2.05) is 6.92 Å². The fourth-order valence-electron chi connectivity index (χ4n) is 2.22. The van der Waals surface area contributed by atoms with Crippen LogP contribution >= 0.6 is 0 Å². The predicted molar refractivity (Wildman–Crippen MR) is 102 cm³/mol. The third-order valence-corrected chi connectivity index (χ3v) is 4.90. The largest absolute Gasteiger partial charge is 0.497 e. The van der Waals surface area contributed by atoms with Crippen LogP contribution in [-0.4, -0.2) is 33.8 Å². The highest BCUT2D eigenvalue weighted by molar-refractivity contribution is 7.89. The number of carbonyl (C=O) groups is 1. The van der Waals surface area contributed by atoms with Gasteiger partial charge < -0.3 is 9.47 Å². The molecule has 0 unspecified atom stereocenters. The Morgan fingerprint density at radius 3 is 2.26 bits per heavy atom. The summed E-state index contributed by atoms with van der Waals surface area (Å²) >= 11 is 0. The third kappa shape index (κ3) is 5.82. The van der Waals surface area contributed by atoms with Gasteiger partial charge in [-0.25, -0.2) is 0 Å². The van der Waals surface area contributed by atoms with E-state index in [-0.39, 0.29) is 23.6 Å². The quantitative estimate of drug-likeness (QED) is 0.425. The Bertz CT molecular complexity index is 904. The normalized spacial score (nSPS) is 11.7. The molecule has 0 amide bonds. The third-order valence-electron chi connectivity index (χ3n) is 3.67. The van der Waals surface area contributed by atoms with E-state index < -0.39 is 16.0 Å². The molecule has 0 atom stereocenters. The van der Waals surface area contributed by atoms with Gasteiger partial charge in [-0.2, -0.15) is 18.4 Å². The first kappa shape index (κ1) is 20.4. The molecule has 1 N–H and O–H groups in total. The van der Waals surface area contributed by atoms with Gasteiger partial charge in [-0.05, 0) is 55.8 Å². The summed E-state index contributed by atoms with van der Waals surface area (Å²) in [5.41, 5.74) is 1.76. The number of rotatable bonds is 8. The molecule has 0 aliphatic rings. The first-order valence-corrected chi connectivity index (χ1v) is 9.79. The van der Waals surface area contributed by atoms with Gasteiger partial charge in [-0.3, -0.25) is 4.79 Å². The Hall–Kier alpha value is -2.87. The van der Waals surface area contributed by atoms with Crippen molar-refractivity contribution >= 4 is 21.7 Å². The number of ether oxygens (including phenoxy) is 2. The first-order valence-electron chi connectivity index (χ1n) is 8.31. The van der Waals surface area contributed by atoms with Crippen molar-refractivity contribution in [2.24, 2.45) is 5.10 Å². The predicted octanol–water partition coefficient (Wildman–Crippen LogP) is 2.64. The van der Waals surface area contributed by atoms with E-state index in [1.54, 1.807) is 50.4 Å². The van der Waals surface area contributed by atoms with Crippen molar-refractivity contribution in [2.45, 2.75) is 25.2 Å². The number of hydrogen-bond donors (Lipinski definition) is 1. The number of aryl methyl sites for hydroxylation is 1. The molecule has 0 radical (unpaired) electrons. The molecule has 2 aromatic carbocycles. The van der Waals surface area contributed by atoms with Crippen molar-refractivity contribution in [1.82, 2.24) is 4.83 Å². The number of nitrogens with one attached hydrogen (secondary N) is 1. The number of esters is 1. The lowest BCUT2D eigenvalue weighted by molar-refractivity contribution is -0.141. The Labute approximate surface area is 159 Å². The molecule has 0 aromatic heterocycles. The zero-order chi connectivity index (χ0) is 19.9. The number of sulfonamides is 1. The fraction of sp³-hybridized carbons (Fsp3) is 0.263. The van der Waals surface area contributed by atoms with Gasteiger partial charge in [0, 0.05) is 0 Å². The standard InChI is InChI=1S/C19H22N2O5S/c1-4-26-19(22)13-18(15-7-9-16(25-3)10-8-15)20-21-27(23,24)17-11-5-14(2)6-12-17/h5-12,21H,4,13H2,1-3H3/b20-18-. The van der Waals surface area contributed by atoms with Crippen LogP contribution in [-0.2, 0) is 19.6 Å². The van der Waals surface area contributed by atoms with E-state index >= 15 is 0 Å². The summed E-state index contributed by atoms with van der Waals surface area (Å²) in [6.07, 6.45) is -0.170. The molecule has 0 aliphatic carbocycles. The Kier molecular flexibility index (Phi) is 6.95. The highest BCUT2D eigenvalue weighted by Gasteiger charge is 2.16. The molecule has 2 aromatic rings. The molecular weight excluding hydrogens is 368 g/mol. The van der Waals surface area contributed by atoms with Crippen LogP contribution in [0.1, 0.15) is 24.5 Å². The minimum absolute atomic E-state index is 0.0852. The molecule has 0 saturated heterocycles. The summed E-state index contributed by atoms with van der Waals surface area (Å²) < 4.78 is 34.9. The molecule has 27 heavy (non-hydrogen) atoms. The zero-order valence-corrected chi connectivity index (χ0v) is 16.2. The van der Waals surface area contributed by atoms with Gasteiger partial charge in [-0.1, -0.05) is 17.7 Å². The van der Waals surface area contributed by atoms with Crippen molar-refractivity contribution < 1.29 is 22.7 Å². The zero-order valence-electron chi connectivity index (χ0n) is 15.4. The molecule has 0 spiro atoms. The highest BCUT2D eigenvalue weighted by atomic mass is 32.2. The van der Waals surface area contributed by atoms with E-state index in [1.165, 1.54) is 12.1 Å². The van der Waals surface area contributed by atoms with E-state index in [9.17, 15) is 13.2 Å². The van der Waals surface area contributed by atoms with Crippen LogP contribution in [0.3, 0.4) is 0 Å². The fourth-order valence-corrected chi connectivity index (χ4v) is 3.05. The van der Waals surface area contributed by atoms with Gasteiger partial charge in [0.1, 0.15) is 5.75 Å². The molecule has 0 heterocycles. The van der Waals surface area contributed by atoms with Crippen molar-refractivity contribution in [3.8, 4) is 5.75 Å². The maximum Gasteiger partial charge on any atom is 0.311 e. The summed E-state index contributed by atoms with van der Waals surface area (Å²) in [5.74, 6) is 0.135. The van der Waals surface area contributed by atoms with E-state index in [2.05, 4.69) is 9.93 Å². The average Bonchev–Trinajstić information content (AvgIpc) is 2.66. The molecule has 144 valence electrons. The summed E-state index contributed by atoms with van der Waals surface area (Å²) in [6, 6.07) is 13.2. The van der Waals surface area contributed by atoms with Crippen molar-refractivity contribution in [3.63, 3.8) is 0 Å². The first-order chi connectivity index (χ1) is 12.9. The minimum Gasteiger partial charge on any atom is -0.497 e.